The standard InChI is InChI=1S/C13H14BrFN2O2/c14-9-4-5-11(10(15)7-9)16-12(18)8-17-6-2-1-3-13(17)19/h4-5,7H,1-3,6,8H2,(H,16,18). The SMILES string of the molecule is O=C(CN1CCCCC1=O)Nc1ccc(Br)cc1F. The van der Waals surface area contributed by atoms with Gasteiger partial charge in [-0.25, -0.2) is 4.39 Å². The average molecular weight is 329 g/mol. The maximum absolute atomic E-state index is 13.5. The Morgan fingerprint density at radius 1 is 1.42 bits per heavy atom. The Morgan fingerprint density at radius 3 is 2.89 bits per heavy atom. The van der Waals surface area contributed by atoms with Gasteiger partial charge in [0.25, 0.3) is 0 Å². The van der Waals surface area contributed by atoms with Crippen LogP contribution < -0.4 is 5.32 Å². The Morgan fingerprint density at radius 2 is 2.21 bits per heavy atom. The number of rotatable bonds is 3. The van der Waals surface area contributed by atoms with Gasteiger partial charge in [-0.2, -0.15) is 0 Å². The zero-order valence-electron chi connectivity index (χ0n) is 10.3. The van der Waals surface area contributed by atoms with Gasteiger partial charge in [0.15, 0.2) is 0 Å². The number of halogens is 2. The molecule has 1 saturated heterocycles. The molecule has 1 aliphatic rings. The molecule has 1 fully saturated rings. The maximum Gasteiger partial charge on any atom is 0.244 e. The molecule has 0 unspecified atom stereocenters. The molecule has 2 rings (SSSR count). The molecule has 0 atom stereocenters. The minimum Gasteiger partial charge on any atom is -0.333 e. The molecule has 0 radical (unpaired) electrons. The predicted molar refractivity (Wildman–Crippen MR) is 73.2 cm³/mol. The van der Waals surface area contributed by atoms with E-state index in [1.807, 2.05) is 0 Å². The first-order chi connectivity index (χ1) is 9.06. The second kappa shape index (κ2) is 6.14. The number of nitrogens with one attached hydrogen (secondary N) is 1. The summed E-state index contributed by atoms with van der Waals surface area (Å²) < 4.78 is 14.1. The minimum absolute atomic E-state index is 0.0160. The molecule has 6 heteroatoms. The third-order valence-corrected chi connectivity index (χ3v) is 3.45. The van der Waals surface area contributed by atoms with Gasteiger partial charge in [-0.05, 0) is 31.0 Å². The van der Waals surface area contributed by atoms with Crippen LogP contribution in [0.25, 0.3) is 0 Å². The quantitative estimate of drug-likeness (QED) is 0.926. The van der Waals surface area contributed by atoms with Crippen LogP contribution in [0, 0.1) is 5.82 Å². The normalized spacial score (nSPS) is 15.5. The molecule has 0 aromatic heterocycles. The topological polar surface area (TPSA) is 49.4 Å². The number of carbonyl (C=O) groups is 2. The lowest BCUT2D eigenvalue weighted by Crippen LogP contribution is -2.40. The highest BCUT2D eigenvalue weighted by molar-refractivity contribution is 9.10. The lowest BCUT2D eigenvalue weighted by Gasteiger charge is -2.25. The number of piperidine rings is 1. The molecule has 1 N–H and O–H groups in total. The lowest BCUT2D eigenvalue weighted by atomic mass is 10.1. The molecule has 0 spiro atoms. The number of nitrogens with zero attached hydrogens (tertiary/aromatic N) is 1. The first kappa shape index (κ1) is 14.0. The minimum atomic E-state index is -0.507. The van der Waals surface area contributed by atoms with Crippen LogP contribution in [-0.2, 0) is 9.59 Å². The first-order valence-electron chi connectivity index (χ1n) is 6.09. The zero-order chi connectivity index (χ0) is 13.8. The Balaban J connectivity index is 1.95. The highest BCUT2D eigenvalue weighted by Gasteiger charge is 2.20. The van der Waals surface area contributed by atoms with Crippen molar-refractivity contribution in [3.63, 3.8) is 0 Å². The van der Waals surface area contributed by atoms with Gasteiger partial charge in [0.1, 0.15) is 5.82 Å². The Hall–Kier alpha value is -1.43. The molecule has 2 amide bonds. The Labute approximate surface area is 119 Å². The van der Waals surface area contributed by atoms with E-state index in [0.717, 1.165) is 12.8 Å². The fourth-order valence-corrected chi connectivity index (χ4v) is 2.32. The van der Waals surface area contributed by atoms with Crippen molar-refractivity contribution in [3.8, 4) is 0 Å². The van der Waals surface area contributed by atoms with Crippen LogP contribution in [-0.4, -0.2) is 29.8 Å². The van der Waals surface area contributed by atoms with Gasteiger partial charge in [0.2, 0.25) is 11.8 Å². The van der Waals surface area contributed by atoms with Crippen molar-refractivity contribution in [1.29, 1.82) is 0 Å². The van der Waals surface area contributed by atoms with Crippen LogP contribution in [0.4, 0.5) is 10.1 Å². The predicted octanol–water partition coefficient (Wildman–Crippen LogP) is 2.54. The van der Waals surface area contributed by atoms with Crippen molar-refractivity contribution in [3.05, 3.63) is 28.5 Å². The number of carbonyl (C=O) groups excluding carboxylic acids is 2. The van der Waals surface area contributed by atoms with E-state index in [1.54, 1.807) is 6.07 Å². The molecule has 4 nitrogen and oxygen atoms in total. The van der Waals surface area contributed by atoms with Gasteiger partial charge in [0.05, 0.1) is 12.2 Å². The van der Waals surface area contributed by atoms with Crippen molar-refractivity contribution in [2.45, 2.75) is 19.3 Å². The van der Waals surface area contributed by atoms with Gasteiger partial charge in [0, 0.05) is 17.4 Å². The Bertz CT molecular complexity index is 507. The van der Waals surface area contributed by atoms with E-state index in [0.29, 0.717) is 17.4 Å². The molecule has 1 aromatic carbocycles. The number of likely N-dealkylation sites (tertiary alicyclic amines) is 1. The second-order valence-corrected chi connectivity index (χ2v) is 5.36. The number of anilines is 1. The molecule has 0 bridgehead atoms. The third-order valence-electron chi connectivity index (χ3n) is 2.96. The number of amides is 2. The van der Waals surface area contributed by atoms with E-state index >= 15 is 0 Å². The smallest absolute Gasteiger partial charge is 0.244 e. The van der Waals surface area contributed by atoms with Crippen LogP contribution in [0.5, 0.6) is 0 Å². The summed E-state index contributed by atoms with van der Waals surface area (Å²) in [4.78, 5) is 24.8. The van der Waals surface area contributed by atoms with Gasteiger partial charge in [-0.3, -0.25) is 9.59 Å². The molecule has 19 heavy (non-hydrogen) atoms. The van der Waals surface area contributed by atoms with Gasteiger partial charge in [-0.1, -0.05) is 15.9 Å². The Kier molecular flexibility index (Phi) is 4.52. The molecule has 1 heterocycles. The molecular weight excluding hydrogens is 315 g/mol. The fourth-order valence-electron chi connectivity index (χ4n) is 1.98. The zero-order valence-corrected chi connectivity index (χ0v) is 11.9. The van der Waals surface area contributed by atoms with E-state index in [4.69, 9.17) is 0 Å². The molecule has 1 aliphatic heterocycles. The molecule has 0 saturated carbocycles. The van der Waals surface area contributed by atoms with Crippen LogP contribution in [0.1, 0.15) is 19.3 Å². The van der Waals surface area contributed by atoms with Crippen LogP contribution in [0.3, 0.4) is 0 Å². The maximum atomic E-state index is 13.5. The van der Waals surface area contributed by atoms with E-state index in [1.165, 1.54) is 17.0 Å². The summed E-state index contributed by atoms with van der Waals surface area (Å²) in [6.45, 7) is 0.573. The lowest BCUT2D eigenvalue weighted by molar-refractivity contribution is -0.136. The molecule has 0 aliphatic carbocycles. The highest BCUT2D eigenvalue weighted by Crippen LogP contribution is 2.19. The van der Waals surface area contributed by atoms with Crippen LogP contribution >= 0.6 is 15.9 Å². The average Bonchev–Trinajstić information content (AvgIpc) is 2.36. The van der Waals surface area contributed by atoms with E-state index < -0.39 is 5.82 Å². The van der Waals surface area contributed by atoms with Crippen LogP contribution in [0.2, 0.25) is 0 Å². The summed E-state index contributed by atoms with van der Waals surface area (Å²) in [6, 6.07) is 4.40. The number of hydrogen-bond donors (Lipinski definition) is 1. The van der Waals surface area contributed by atoms with Gasteiger partial charge < -0.3 is 10.2 Å². The highest BCUT2D eigenvalue weighted by atomic mass is 79.9. The summed E-state index contributed by atoms with van der Waals surface area (Å²) in [5.74, 6) is -0.901. The summed E-state index contributed by atoms with van der Waals surface area (Å²) in [6.07, 6.45) is 2.27. The van der Waals surface area contributed by atoms with Crippen molar-refractivity contribution < 1.29 is 14.0 Å². The second-order valence-electron chi connectivity index (χ2n) is 4.44. The number of benzene rings is 1. The summed E-state index contributed by atoms with van der Waals surface area (Å²) in [7, 11) is 0. The first-order valence-corrected chi connectivity index (χ1v) is 6.88. The third kappa shape index (κ3) is 3.76. The van der Waals surface area contributed by atoms with Gasteiger partial charge in [-0.15, -0.1) is 0 Å². The van der Waals surface area contributed by atoms with Gasteiger partial charge >= 0.3 is 0 Å². The molecule has 102 valence electrons. The van der Waals surface area contributed by atoms with Crippen molar-refractivity contribution in [1.82, 2.24) is 4.90 Å². The largest absolute Gasteiger partial charge is 0.333 e. The monoisotopic (exact) mass is 328 g/mol. The van der Waals surface area contributed by atoms with Crippen LogP contribution in [0.15, 0.2) is 22.7 Å². The molecule has 1 aromatic rings. The van der Waals surface area contributed by atoms with E-state index in [9.17, 15) is 14.0 Å². The van der Waals surface area contributed by atoms with Crippen molar-refractivity contribution in [2.75, 3.05) is 18.4 Å². The van der Waals surface area contributed by atoms with Crippen molar-refractivity contribution >= 4 is 33.4 Å². The summed E-state index contributed by atoms with van der Waals surface area (Å²) >= 11 is 3.14. The number of hydrogen-bond acceptors (Lipinski definition) is 2. The fraction of sp³-hybridized carbons (Fsp3) is 0.385. The van der Waals surface area contributed by atoms with E-state index in [2.05, 4.69) is 21.2 Å². The summed E-state index contributed by atoms with van der Waals surface area (Å²) in [5, 5.41) is 2.48. The molecular formula is C13H14BrFN2O2. The van der Waals surface area contributed by atoms with E-state index in [-0.39, 0.29) is 24.0 Å². The van der Waals surface area contributed by atoms with Crippen molar-refractivity contribution in [2.24, 2.45) is 0 Å². The summed E-state index contributed by atoms with van der Waals surface area (Å²) in [5.41, 5.74) is 0.123.